The summed E-state index contributed by atoms with van der Waals surface area (Å²) in [6, 6.07) is 74.4. The lowest BCUT2D eigenvalue weighted by molar-refractivity contribution is 0.660. The maximum absolute atomic E-state index is 5.26. The van der Waals surface area contributed by atoms with Crippen molar-refractivity contribution in [2.24, 2.45) is 0 Å². The highest BCUT2D eigenvalue weighted by atomic mass is 14.9. The Balaban J connectivity index is 1.05. The van der Waals surface area contributed by atoms with Gasteiger partial charge in [0.25, 0.3) is 0 Å². The number of benzene rings is 9. The average Bonchev–Trinajstić information content (AvgIpc) is 3.54. The molecule has 1 aliphatic rings. The van der Waals surface area contributed by atoms with Crippen LogP contribution in [-0.2, 0) is 5.41 Å². The fourth-order valence-electron chi connectivity index (χ4n) is 9.35. The van der Waals surface area contributed by atoms with Gasteiger partial charge in [-0.3, -0.25) is 0 Å². The molecule has 1 aromatic heterocycles. The second-order valence-corrected chi connectivity index (χ2v) is 16.1. The van der Waals surface area contributed by atoms with E-state index in [0.29, 0.717) is 5.82 Å². The molecule has 0 bridgehead atoms. The molecule has 278 valence electrons. The summed E-state index contributed by atoms with van der Waals surface area (Å²) >= 11 is 0. The maximum atomic E-state index is 5.26. The molecule has 0 aliphatic heterocycles. The highest BCUT2D eigenvalue weighted by molar-refractivity contribution is 6.12. The van der Waals surface area contributed by atoms with E-state index in [9.17, 15) is 0 Å². The van der Waals surface area contributed by atoms with Gasteiger partial charge in [-0.15, -0.1) is 0 Å². The number of hydrogen-bond donors (Lipinski definition) is 0. The first-order valence-corrected chi connectivity index (χ1v) is 20.4. The van der Waals surface area contributed by atoms with E-state index in [0.717, 1.165) is 39.0 Å². The quantitative estimate of drug-likeness (QED) is 0.169. The van der Waals surface area contributed by atoms with Gasteiger partial charge in [0.1, 0.15) is 0 Å². The summed E-state index contributed by atoms with van der Waals surface area (Å²) in [5.41, 5.74) is 17.6. The first kappa shape index (κ1) is 34.8. The molecule has 2 heteroatoms. The van der Waals surface area contributed by atoms with Gasteiger partial charge in [-0.2, -0.15) is 0 Å². The van der Waals surface area contributed by atoms with E-state index in [1.165, 1.54) is 66.2 Å². The monoisotopic (exact) mass is 752 g/mol. The normalized spacial score (nSPS) is 12.7. The highest BCUT2D eigenvalue weighted by Gasteiger charge is 2.35. The largest absolute Gasteiger partial charge is 0.228 e. The maximum Gasteiger partial charge on any atom is 0.160 e. The van der Waals surface area contributed by atoms with Crippen molar-refractivity contribution in [2.45, 2.75) is 19.3 Å². The molecule has 0 saturated carbocycles. The Morgan fingerprint density at radius 2 is 0.780 bits per heavy atom. The molecule has 0 N–H and O–H groups in total. The van der Waals surface area contributed by atoms with Crippen LogP contribution < -0.4 is 0 Å². The van der Waals surface area contributed by atoms with E-state index in [2.05, 4.69) is 202 Å². The van der Waals surface area contributed by atoms with Crippen LogP contribution in [0, 0.1) is 0 Å². The fourth-order valence-corrected chi connectivity index (χ4v) is 9.35. The van der Waals surface area contributed by atoms with Crippen molar-refractivity contribution < 1.29 is 0 Å². The summed E-state index contributed by atoms with van der Waals surface area (Å²) < 4.78 is 0. The van der Waals surface area contributed by atoms with Gasteiger partial charge in [-0.25, -0.2) is 9.97 Å². The van der Waals surface area contributed by atoms with Gasteiger partial charge in [-0.05, 0) is 95.4 Å². The number of nitrogens with zero attached hydrogens (tertiary/aromatic N) is 2. The Bertz CT molecular complexity index is 3230. The molecule has 0 fully saturated rings. The molecule has 2 nitrogen and oxygen atoms in total. The standard InChI is InChI=1S/C57H40N2/c1-57(2)52-27-14-13-26-49(52)50-29-28-40(35-53(50)57)42-30-31-47(44-23-10-9-22-43(42)44)48-32-33-51(46-25-12-11-24-45(46)48)55-36-54(58-56(59-55)38-18-7-4-8-19-38)41-21-15-20-39(34-41)37-16-5-3-6-17-37/h3-36H,1-2H3. The van der Waals surface area contributed by atoms with E-state index in [1.54, 1.807) is 0 Å². The molecule has 0 saturated heterocycles. The van der Waals surface area contributed by atoms with Gasteiger partial charge in [-0.1, -0.05) is 202 Å². The first-order valence-electron chi connectivity index (χ1n) is 20.4. The fraction of sp³-hybridized carbons (Fsp3) is 0.0526. The summed E-state index contributed by atoms with van der Waals surface area (Å²) in [6.07, 6.45) is 0. The lowest BCUT2D eigenvalue weighted by Gasteiger charge is -2.22. The molecule has 0 unspecified atom stereocenters. The molecule has 0 atom stereocenters. The van der Waals surface area contributed by atoms with Gasteiger partial charge in [0.15, 0.2) is 5.82 Å². The topological polar surface area (TPSA) is 25.8 Å². The van der Waals surface area contributed by atoms with Crippen LogP contribution in [0.1, 0.15) is 25.0 Å². The van der Waals surface area contributed by atoms with Crippen molar-refractivity contribution in [1.82, 2.24) is 9.97 Å². The van der Waals surface area contributed by atoms with Crippen LogP contribution in [0.25, 0.3) is 100.0 Å². The van der Waals surface area contributed by atoms with Gasteiger partial charge in [0, 0.05) is 22.1 Å². The zero-order chi connectivity index (χ0) is 39.5. The summed E-state index contributed by atoms with van der Waals surface area (Å²) in [4.78, 5) is 10.4. The lowest BCUT2D eigenvalue weighted by Crippen LogP contribution is -2.14. The molecule has 0 spiro atoms. The zero-order valence-corrected chi connectivity index (χ0v) is 33.0. The molecule has 1 aliphatic carbocycles. The van der Waals surface area contributed by atoms with Crippen LogP contribution in [0.4, 0.5) is 0 Å². The summed E-state index contributed by atoms with van der Waals surface area (Å²) in [5.74, 6) is 0.705. The van der Waals surface area contributed by atoms with Crippen LogP contribution in [0.2, 0.25) is 0 Å². The van der Waals surface area contributed by atoms with Crippen LogP contribution >= 0.6 is 0 Å². The summed E-state index contributed by atoms with van der Waals surface area (Å²) in [7, 11) is 0. The van der Waals surface area contributed by atoms with Crippen LogP contribution in [0.3, 0.4) is 0 Å². The van der Waals surface area contributed by atoms with Crippen molar-refractivity contribution >= 4 is 21.5 Å². The van der Waals surface area contributed by atoms with Crippen LogP contribution in [0.15, 0.2) is 206 Å². The lowest BCUT2D eigenvalue weighted by atomic mass is 9.81. The molecular formula is C57H40N2. The third kappa shape index (κ3) is 5.87. The Hall–Kier alpha value is -7.42. The Morgan fingerprint density at radius 1 is 0.288 bits per heavy atom. The summed E-state index contributed by atoms with van der Waals surface area (Å²) in [6.45, 7) is 4.71. The van der Waals surface area contributed by atoms with E-state index in [1.807, 2.05) is 18.2 Å². The number of hydrogen-bond acceptors (Lipinski definition) is 2. The SMILES string of the molecule is CC1(C)c2ccccc2-c2ccc(-c3ccc(-c4ccc(-c5cc(-c6cccc(-c7ccccc7)c6)nc(-c6ccccc6)n5)c5ccccc45)c4ccccc34)cc21. The number of aromatic nitrogens is 2. The van der Waals surface area contributed by atoms with Crippen LogP contribution in [-0.4, -0.2) is 9.97 Å². The second kappa shape index (κ2) is 13.9. The number of fused-ring (bicyclic) bond motifs is 5. The minimum Gasteiger partial charge on any atom is -0.228 e. The van der Waals surface area contributed by atoms with Gasteiger partial charge in [0.05, 0.1) is 11.4 Å². The number of rotatable bonds is 6. The molecule has 11 rings (SSSR count). The molecule has 10 aromatic rings. The highest BCUT2D eigenvalue weighted by Crippen LogP contribution is 2.50. The third-order valence-corrected chi connectivity index (χ3v) is 12.3. The molecule has 59 heavy (non-hydrogen) atoms. The zero-order valence-electron chi connectivity index (χ0n) is 33.0. The van der Waals surface area contributed by atoms with Gasteiger partial charge >= 0.3 is 0 Å². The van der Waals surface area contributed by atoms with Crippen LogP contribution in [0.5, 0.6) is 0 Å². The second-order valence-electron chi connectivity index (χ2n) is 16.1. The van der Waals surface area contributed by atoms with Crippen molar-refractivity contribution in [3.63, 3.8) is 0 Å². The summed E-state index contributed by atoms with van der Waals surface area (Å²) in [5, 5.41) is 4.82. The molecule has 0 radical (unpaired) electrons. The minimum absolute atomic E-state index is 0.0587. The van der Waals surface area contributed by atoms with Crippen molar-refractivity contribution in [2.75, 3.05) is 0 Å². The molecule has 1 heterocycles. The smallest absolute Gasteiger partial charge is 0.160 e. The predicted octanol–water partition coefficient (Wildman–Crippen LogP) is 15.1. The third-order valence-electron chi connectivity index (χ3n) is 12.3. The minimum atomic E-state index is -0.0587. The van der Waals surface area contributed by atoms with Gasteiger partial charge < -0.3 is 0 Å². The Morgan fingerprint density at radius 3 is 1.49 bits per heavy atom. The van der Waals surface area contributed by atoms with E-state index in [4.69, 9.17) is 9.97 Å². The van der Waals surface area contributed by atoms with Crippen molar-refractivity contribution in [1.29, 1.82) is 0 Å². The first-order chi connectivity index (χ1) is 29.0. The van der Waals surface area contributed by atoms with E-state index < -0.39 is 0 Å². The van der Waals surface area contributed by atoms with Crippen molar-refractivity contribution in [3.8, 4) is 78.4 Å². The molecule has 9 aromatic carbocycles. The molecule has 0 amide bonds. The Labute approximate surface area is 345 Å². The van der Waals surface area contributed by atoms with Gasteiger partial charge in [0.2, 0.25) is 0 Å². The van der Waals surface area contributed by atoms with E-state index in [-0.39, 0.29) is 5.41 Å². The predicted molar refractivity (Wildman–Crippen MR) is 247 cm³/mol. The van der Waals surface area contributed by atoms with E-state index >= 15 is 0 Å². The Kier molecular flexibility index (Phi) is 8.20. The average molecular weight is 753 g/mol. The van der Waals surface area contributed by atoms with Crippen molar-refractivity contribution in [3.05, 3.63) is 217 Å². The molecular weight excluding hydrogens is 713 g/mol.